The fourth-order valence-electron chi connectivity index (χ4n) is 1.44. The number of rotatable bonds is 2. The smallest absolute Gasteiger partial charge is 0.337 e. The first kappa shape index (κ1) is 11.3. The highest BCUT2D eigenvalue weighted by Gasteiger charge is 2.23. The average Bonchev–Trinajstić information content (AvgIpc) is 2.01. The van der Waals surface area contributed by atoms with Crippen LogP contribution >= 0.6 is 0 Å². The molecule has 0 aromatic heterocycles. The van der Waals surface area contributed by atoms with Crippen molar-refractivity contribution in [3.05, 3.63) is 11.3 Å². The Kier molecular flexibility index (Phi) is 3.37. The Bertz CT molecular complexity index is 263. The van der Waals surface area contributed by atoms with Crippen molar-refractivity contribution in [2.75, 3.05) is 6.61 Å². The van der Waals surface area contributed by atoms with E-state index >= 15 is 0 Å². The predicted octanol–water partition coefficient (Wildman–Crippen LogP) is 2.45. The first-order valence-corrected chi connectivity index (χ1v) is 8.37. The second-order valence-electron chi connectivity index (χ2n) is 4.49. The van der Waals surface area contributed by atoms with Gasteiger partial charge in [0, 0.05) is 0 Å². The molecular weight excluding hydrogens is 196 g/mol. The van der Waals surface area contributed by atoms with Gasteiger partial charge in [-0.15, -0.1) is 0 Å². The lowest BCUT2D eigenvalue weighted by Gasteiger charge is -2.23. The molecule has 1 aliphatic rings. The maximum Gasteiger partial charge on any atom is 0.337 e. The lowest BCUT2D eigenvalue weighted by molar-refractivity contribution is -0.141. The van der Waals surface area contributed by atoms with Gasteiger partial charge in [0.1, 0.15) is 0 Å². The summed E-state index contributed by atoms with van der Waals surface area (Å²) in [5.74, 6) is 0.556. The molecular formula is C10H18O3Si. The first-order valence-electron chi connectivity index (χ1n) is 4.96. The third-order valence-electron chi connectivity index (χ3n) is 1.93. The summed E-state index contributed by atoms with van der Waals surface area (Å²) in [6.07, 6.45) is 1.70. The van der Waals surface area contributed by atoms with Gasteiger partial charge in [-0.25, -0.2) is 4.79 Å². The Morgan fingerprint density at radius 3 is 2.57 bits per heavy atom. The molecule has 0 atom stereocenters. The molecule has 0 aromatic carbocycles. The van der Waals surface area contributed by atoms with Gasteiger partial charge in [0.05, 0.1) is 17.9 Å². The van der Waals surface area contributed by atoms with Crippen LogP contribution in [-0.4, -0.2) is 20.9 Å². The molecule has 14 heavy (non-hydrogen) atoms. The van der Waals surface area contributed by atoms with Gasteiger partial charge >= 0.3 is 5.97 Å². The van der Waals surface area contributed by atoms with E-state index in [-0.39, 0.29) is 5.97 Å². The zero-order valence-corrected chi connectivity index (χ0v) is 10.3. The highest BCUT2D eigenvalue weighted by Crippen LogP contribution is 2.21. The number of hydrogen-bond donors (Lipinski definition) is 0. The predicted molar refractivity (Wildman–Crippen MR) is 57.3 cm³/mol. The van der Waals surface area contributed by atoms with Crippen LogP contribution < -0.4 is 0 Å². The molecule has 0 aliphatic carbocycles. The van der Waals surface area contributed by atoms with E-state index in [4.69, 9.17) is 9.16 Å². The van der Waals surface area contributed by atoms with Crippen LogP contribution in [0.15, 0.2) is 11.3 Å². The van der Waals surface area contributed by atoms with Crippen LogP contribution in [0.5, 0.6) is 0 Å². The van der Waals surface area contributed by atoms with Gasteiger partial charge < -0.3 is 9.16 Å². The molecule has 1 fully saturated rings. The van der Waals surface area contributed by atoms with Gasteiger partial charge in [0.2, 0.25) is 8.32 Å². The Hall–Kier alpha value is -0.773. The Morgan fingerprint density at radius 2 is 2.07 bits per heavy atom. The van der Waals surface area contributed by atoms with Crippen LogP contribution in [0.25, 0.3) is 0 Å². The van der Waals surface area contributed by atoms with Gasteiger partial charge in [-0.05, 0) is 39.4 Å². The molecule has 0 radical (unpaired) electrons. The van der Waals surface area contributed by atoms with E-state index in [0.29, 0.717) is 6.61 Å². The van der Waals surface area contributed by atoms with Gasteiger partial charge in [0.25, 0.3) is 0 Å². The highest BCUT2D eigenvalue weighted by atomic mass is 28.4. The maximum absolute atomic E-state index is 11.4. The molecule has 1 aliphatic heterocycles. The molecule has 0 spiro atoms. The van der Waals surface area contributed by atoms with E-state index in [1.165, 1.54) is 0 Å². The number of carbonyl (C=O) groups excluding carboxylic acids is 1. The third kappa shape index (κ3) is 3.18. The summed E-state index contributed by atoms with van der Waals surface area (Å²) in [5, 5.41) is 0. The molecule has 0 saturated carbocycles. The molecule has 0 amide bonds. The summed E-state index contributed by atoms with van der Waals surface area (Å²) < 4.78 is 10.7. The summed E-state index contributed by atoms with van der Waals surface area (Å²) in [6, 6.07) is 0. The van der Waals surface area contributed by atoms with Crippen molar-refractivity contribution in [1.29, 1.82) is 0 Å². The quantitative estimate of drug-likeness (QED) is 0.306. The van der Waals surface area contributed by atoms with E-state index in [9.17, 15) is 4.79 Å². The van der Waals surface area contributed by atoms with Crippen molar-refractivity contribution in [2.45, 2.75) is 39.4 Å². The topological polar surface area (TPSA) is 35.5 Å². The van der Waals surface area contributed by atoms with Gasteiger partial charge in [-0.1, -0.05) is 0 Å². The monoisotopic (exact) mass is 214 g/mol. The Balaban J connectivity index is 2.75. The minimum atomic E-state index is -1.60. The molecule has 0 N–H and O–H groups in total. The van der Waals surface area contributed by atoms with E-state index < -0.39 is 8.32 Å². The molecule has 0 unspecified atom stereocenters. The number of esters is 1. The second kappa shape index (κ2) is 4.17. The number of ether oxygens (including phenoxy) is 1. The average molecular weight is 214 g/mol. The molecule has 80 valence electrons. The molecule has 0 bridgehead atoms. The fourth-order valence-corrected chi connectivity index (χ4v) is 2.49. The van der Waals surface area contributed by atoms with Crippen molar-refractivity contribution < 1.29 is 14.0 Å². The normalized spacial score (nSPS) is 21.6. The standard InChI is InChI=1S/C10H18O3Si/c1-8(13-14(2,3)4)9-6-5-7-12-10(9)11/h5-7H2,1-4H3/b9-8-. The highest BCUT2D eigenvalue weighted by molar-refractivity contribution is 6.70. The second-order valence-corrected chi connectivity index (χ2v) is 8.92. The summed E-state index contributed by atoms with van der Waals surface area (Å²) in [5.41, 5.74) is 0.721. The minimum Gasteiger partial charge on any atom is -0.547 e. The number of cyclic esters (lactones) is 1. The van der Waals surface area contributed by atoms with E-state index in [2.05, 4.69) is 19.6 Å². The van der Waals surface area contributed by atoms with Crippen LogP contribution in [0.3, 0.4) is 0 Å². The third-order valence-corrected chi connectivity index (χ3v) is 2.85. The van der Waals surface area contributed by atoms with Crippen molar-refractivity contribution in [2.24, 2.45) is 0 Å². The molecule has 1 saturated heterocycles. The number of allylic oxidation sites excluding steroid dienone is 1. The molecule has 4 heteroatoms. The van der Waals surface area contributed by atoms with Gasteiger partial charge in [-0.3, -0.25) is 0 Å². The van der Waals surface area contributed by atoms with E-state index in [1.807, 2.05) is 6.92 Å². The van der Waals surface area contributed by atoms with Crippen molar-refractivity contribution in [1.82, 2.24) is 0 Å². The largest absolute Gasteiger partial charge is 0.547 e. The molecule has 1 rings (SSSR count). The zero-order valence-electron chi connectivity index (χ0n) is 9.35. The summed E-state index contributed by atoms with van der Waals surface area (Å²) in [7, 11) is -1.60. The van der Waals surface area contributed by atoms with Crippen LogP contribution in [0.1, 0.15) is 19.8 Å². The van der Waals surface area contributed by atoms with Crippen LogP contribution in [0, 0.1) is 0 Å². The summed E-state index contributed by atoms with van der Waals surface area (Å²) in [4.78, 5) is 11.4. The fraction of sp³-hybridized carbons (Fsp3) is 0.700. The summed E-state index contributed by atoms with van der Waals surface area (Å²) >= 11 is 0. The van der Waals surface area contributed by atoms with Crippen LogP contribution in [0.2, 0.25) is 19.6 Å². The van der Waals surface area contributed by atoms with Crippen molar-refractivity contribution in [3.8, 4) is 0 Å². The Labute approximate surface area is 86.2 Å². The lowest BCUT2D eigenvalue weighted by Crippen LogP contribution is -2.26. The van der Waals surface area contributed by atoms with Crippen LogP contribution in [-0.2, 0) is 14.0 Å². The van der Waals surface area contributed by atoms with Gasteiger partial charge in [0.15, 0.2) is 0 Å². The molecule has 1 heterocycles. The Morgan fingerprint density at radius 1 is 1.43 bits per heavy atom. The lowest BCUT2D eigenvalue weighted by atomic mass is 10.1. The van der Waals surface area contributed by atoms with Crippen LogP contribution in [0.4, 0.5) is 0 Å². The molecule has 3 nitrogen and oxygen atoms in total. The van der Waals surface area contributed by atoms with E-state index in [1.54, 1.807) is 0 Å². The maximum atomic E-state index is 11.4. The van der Waals surface area contributed by atoms with Gasteiger partial charge in [-0.2, -0.15) is 0 Å². The zero-order chi connectivity index (χ0) is 10.8. The van der Waals surface area contributed by atoms with Crippen molar-refractivity contribution in [3.63, 3.8) is 0 Å². The van der Waals surface area contributed by atoms with E-state index in [0.717, 1.165) is 24.2 Å². The number of carbonyl (C=O) groups is 1. The molecule has 0 aromatic rings. The van der Waals surface area contributed by atoms with Crippen molar-refractivity contribution >= 4 is 14.3 Å². The SMILES string of the molecule is C/C(O[Si](C)(C)C)=C1\CCCOC1=O. The number of hydrogen-bond acceptors (Lipinski definition) is 3. The summed E-state index contributed by atoms with van der Waals surface area (Å²) in [6.45, 7) is 8.71. The minimum absolute atomic E-state index is 0.202. The first-order chi connectivity index (χ1) is 6.40.